The van der Waals surface area contributed by atoms with Gasteiger partial charge in [-0.1, -0.05) is 18.2 Å². The van der Waals surface area contributed by atoms with Crippen molar-refractivity contribution in [1.29, 1.82) is 0 Å². The Morgan fingerprint density at radius 3 is 2.17 bits per heavy atom. The van der Waals surface area contributed by atoms with Gasteiger partial charge in [0.15, 0.2) is 0 Å². The first kappa shape index (κ1) is 23.0. The van der Waals surface area contributed by atoms with E-state index in [1.165, 1.54) is 4.90 Å². The first-order valence-electron chi connectivity index (χ1n) is 12.0. The van der Waals surface area contributed by atoms with E-state index in [4.69, 9.17) is 4.74 Å². The smallest absolute Gasteiger partial charge is 0.316 e. The Labute approximate surface area is 204 Å². The molecule has 2 aromatic carbocycles. The zero-order chi connectivity index (χ0) is 24.9. The number of nitrogens with zero attached hydrogens (tertiary/aromatic N) is 2. The number of benzene rings is 2. The summed E-state index contributed by atoms with van der Waals surface area (Å²) in [6.45, 7) is 6.06. The summed E-state index contributed by atoms with van der Waals surface area (Å²) in [5, 5.41) is 0. The van der Waals surface area contributed by atoms with Crippen LogP contribution in [0.5, 0.6) is 5.75 Å². The molecule has 5 rings (SSSR count). The van der Waals surface area contributed by atoms with E-state index >= 15 is 0 Å². The number of carbonyl (C=O) groups is 4. The maximum absolute atomic E-state index is 12.9. The number of aryl methyl sites for hydroxylation is 3. The van der Waals surface area contributed by atoms with E-state index in [9.17, 15) is 19.2 Å². The summed E-state index contributed by atoms with van der Waals surface area (Å²) in [6, 6.07) is 10.7. The van der Waals surface area contributed by atoms with Gasteiger partial charge in [0.1, 0.15) is 5.75 Å². The van der Waals surface area contributed by atoms with Crippen LogP contribution < -0.4 is 14.5 Å². The maximum Gasteiger partial charge on any atom is 0.316 e. The number of ether oxygens (including phenoxy) is 1. The van der Waals surface area contributed by atoms with Crippen molar-refractivity contribution in [1.82, 2.24) is 0 Å². The predicted molar refractivity (Wildman–Crippen MR) is 131 cm³/mol. The lowest BCUT2D eigenvalue weighted by Gasteiger charge is -2.19. The van der Waals surface area contributed by atoms with Gasteiger partial charge >= 0.3 is 5.97 Å². The Morgan fingerprint density at radius 1 is 0.857 bits per heavy atom. The molecule has 0 spiro atoms. The standard InChI is InChI=1S/C28H28N2O5/c1-16-8-9-20(12-17(16)2)29-15-19(14-25(29)31)28(34)35-21-10-11-24(18(3)13-21)30-26(32)22-6-4-5-7-23(22)27(30)33/h4-5,8-13,19,22-23H,6-7,14-15H2,1-3H3/t19-,22-,23+/m0/s1. The topological polar surface area (TPSA) is 84.0 Å². The Hall–Kier alpha value is -3.74. The van der Waals surface area contributed by atoms with E-state index in [0.29, 0.717) is 29.8 Å². The molecule has 0 radical (unpaired) electrons. The van der Waals surface area contributed by atoms with E-state index in [1.807, 2.05) is 44.2 Å². The van der Waals surface area contributed by atoms with E-state index in [-0.39, 0.29) is 42.5 Å². The second-order valence-electron chi connectivity index (χ2n) is 9.71. The zero-order valence-corrected chi connectivity index (χ0v) is 20.1. The van der Waals surface area contributed by atoms with Gasteiger partial charge in [-0.15, -0.1) is 0 Å². The molecule has 180 valence electrons. The van der Waals surface area contributed by atoms with Crippen molar-refractivity contribution in [3.05, 3.63) is 65.2 Å². The molecular weight excluding hydrogens is 444 g/mol. The Morgan fingerprint density at radius 2 is 1.54 bits per heavy atom. The van der Waals surface area contributed by atoms with Gasteiger partial charge in [0.25, 0.3) is 0 Å². The number of hydrogen-bond donors (Lipinski definition) is 0. The molecule has 2 heterocycles. The van der Waals surface area contributed by atoms with Gasteiger partial charge in [0.2, 0.25) is 17.7 Å². The molecule has 3 atom stereocenters. The van der Waals surface area contributed by atoms with Crippen molar-refractivity contribution in [3.63, 3.8) is 0 Å². The molecule has 7 heteroatoms. The molecule has 2 saturated heterocycles. The van der Waals surface area contributed by atoms with Crippen LogP contribution >= 0.6 is 0 Å². The molecule has 2 fully saturated rings. The molecule has 3 amide bonds. The minimum atomic E-state index is -0.568. The van der Waals surface area contributed by atoms with Crippen LogP contribution in [-0.4, -0.2) is 30.2 Å². The quantitative estimate of drug-likeness (QED) is 0.290. The van der Waals surface area contributed by atoms with E-state index in [1.54, 1.807) is 30.0 Å². The molecule has 0 saturated carbocycles. The molecule has 2 aromatic rings. The summed E-state index contributed by atoms with van der Waals surface area (Å²) in [7, 11) is 0. The van der Waals surface area contributed by atoms with Crippen LogP contribution in [0.25, 0.3) is 0 Å². The van der Waals surface area contributed by atoms with Gasteiger partial charge in [-0.05, 0) is 80.6 Å². The van der Waals surface area contributed by atoms with E-state index < -0.39 is 11.9 Å². The van der Waals surface area contributed by atoms with Crippen molar-refractivity contribution in [2.24, 2.45) is 17.8 Å². The Balaban J connectivity index is 1.28. The largest absolute Gasteiger partial charge is 0.426 e. The number of amides is 3. The highest BCUT2D eigenvalue weighted by molar-refractivity contribution is 6.22. The van der Waals surface area contributed by atoms with Crippen molar-refractivity contribution in [3.8, 4) is 5.75 Å². The number of rotatable bonds is 4. The molecule has 1 aliphatic carbocycles. The van der Waals surface area contributed by atoms with Crippen molar-refractivity contribution in [2.75, 3.05) is 16.3 Å². The summed E-state index contributed by atoms with van der Waals surface area (Å²) >= 11 is 0. The first-order chi connectivity index (χ1) is 16.7. The summed E-state index contributed by atoms with van der Waals surface area (Å²) in [5.74, 6) is -1.77. The maximum atomic E-state index is 12.9. The first-order valence-corrected chi connectivity index (χ1v) is 12.0. The third-order valence-electron chi connectivity index (χ3n) is 7.40. The average Bonchev–Trinajstić information content (AvgIpc) is 3.34. The van der Waals surface area contributed by atoms with Crippen LogP contribution in [0, 0.1) is 38.5 Å². The third-order valence-corrected chi connectivity index (χ3v) is 7.40. The highest BCUT2D eigenvalue weighted by Crippen LogP contribution is 2.39. The number of anilines is 2. The molecule has 0 bridgehead atoms. The number of allylic oxidation sites excluding steroid dienone is 2. The SMILES string of the molecule is Cc1ccc(N2C[C@@H](C(=O)Oc3ccc(N4C(=O)[C@H]5CC=CC[C@H]5C4=O)c(C)c3)CC2=O)cc1C. The van der Waals surface area contributed by atoms with Gasteiger partial charge in [0, 0.05) is 18.7 Å². The van der Waals surface area contributed by atoms with Gasteiger partial charge in [-0.25, -0.2) is 4.90 Å². The van der Waals surface area contributed by atoms with E-state index in [2.05, 4.69) is 0 Å². The molecule has 35 heavy (non-hydrogen) atoms. The second kappa shape index (κ2) is 8.80. The molecule has 7 nitrogen and oxygen atoms in total. The van der Waals surface area contributed by atoms with Gasteiger partial charge in [0.05, 0.1) is 23.4 Å². The van der Waals surface area contributed by atoms with Gasteiger partial charge < -0.3 is 9.64 Å². The van der Waals surface area contributed by atoms with E-state index in [0.717, 1.165) is 16.8 Å². The zero-order valence-electron chi connectivity index (χ0n) is 20.1. The molecule has 0 N–H and O–H groups in total. The number of hydrogen-bond acceptors (Lipinski definition) is 5. The molecule has 3 aliphatic rings. The second-order valence-corrected chi connectivity index (χ2v) is 9.71. The molecule has 0 unspecified atom stereocenters. The van der Waals surface area contributed by atoms with Crippen LogP contribution in [0.1, 0.15) is 36.0 Å². The summed E-state index contributed by atoms with van der Waals surface area (Å²) in [4.78, 5) is 54.2. The van der Waals surface area contributed by atoms with Crippen molar-refractivity contribution < 1.29 is 23.9 Å². The van der Waals surface area contributed by atoms with Crippen LogP contribution in [0.15, 0.2) is 48.6 Å². The number of imide groups is 1. The van der Waals surface area contributed by atoms with Crippen LogP contribution in [0.2, 0.25) is 0 Å². The molecule has 0 aromatic heterocycles. The summed E-state index contributed by atoms with van der Waals surface area (Å²) in [5.41, 5.74) is 4.20. The van der Waals surface area contributed by atoms with Crippen LogP contribution in [-0.2, 0) is 19.2 Å². The van der Waals surface area contributed by atoms with Crippen molar-refractivity contribution >= 4 is 35.1 Å². The Bertz CT molecular complexity index is 1250. The highest BCUT2D eigenvalue weighted by atomic mass is 16.5. The van der Waals surface area contributed by atoms with Gasteiger partial charge in [-0.2, -0.15) is 0 Å². The lowest BCUT2D eigenvalue weighted by molar-refractivity contribution is -0.139. The number of fused-ring (bicyclic) bond motifs is 1. The summed E-state index contributed by atoms with van der Waals surface area (Å²) < 4.78 is 5.60. The fraction of sp³-hybridized carbons (Fsp3) is 0.357. The normalized spacial score (nSPS) is 23.7. The monoisotopic (exact) mass is 472 g/mol. The fourth-order valence-electron chi connectivity index (χ4n) is 5.19. The minimum absolute atomic E-state index is 0.0937. The van der Waals surface area contributed by atoms with Crippen LogP contribution in [0.3, 0.4) is 0 Å². The summed E-state index contributed by atoms with van der Waals surface area (Å²) in [6.07, 6.45) is 5.18. The average molecular weight is 473 g/mol. The number of carbonyl (C=O) groups excluding carboxylic acids is 4. The lowest BCUT2D eigenvalue weighted by Crippen LogP contribution is -2.31. The number of esters is 1. The lowest BCUT2D eigenvalue weighted by atomic mass is 9.85. The molecular formula is C28H28N2O5. The Kier molecular flexibility index (Phi) is 5.79. The third kappa shape index (κ3) is 4.05. The molecule has 2 aliphatic heterocycles. The highest BCUT2D eigenvalue weighted by Gasteiger charge is 2.48. The minimum Gasteiger partial charge on any atom is -0.426 e. The van der Waals surface area contributed by atoms with Gasteiger partial charge in [-0.3, -0.25) is 19.2 Å². The predicted octanol–water partition coefficient (Wildman–Crippen LogP) is 4.03. The van der Waals surface area contributed by atoms with Crippen LogP contribution in [0.4, 0.5) is 11.4 Å². The fourth-order valence-corrected chi connectivity index (χ4v) is 5.19. The van der Waals surface area contributed by atoms with Crippen molar-refractivity contribution in [2.45, 2.75) is 40.0 Å².